The molecule has 1 heterocycles. The predicted molar refractivity (Wildman–Crippen MR) is 126 cm³/mol. The van der Waals surface area contributed by atoms with Gasteiger partial charge in [-0.2, -0.15) is 0 Å². The van der Waals surface area contributed by atoms with E-state index in [0.717, 1.165) is 18.8 Å². The van der Waals surface area contributed by atoms with Crippen molar-refractivity contribution in [3.05, 3.63) is 72.3 Å². The predicted octanol–water partition coefficient (Wildman–Crippen LogP) is 3.69. The molecule has 0 radical (unpaired) electrons. The molecule has 7 nitrogen and oxygen atoms in total. The number of nitrogens with one attached hydrogen (secondary N) is 1. The number of aliphatic imine (C=N–C) groups is 1. The fourth-order valence-electron chi connectivity index (χ4n) is 2.83. The van der Waals surface area contributed by atoms with Gasteiger partial charge in [-0.05, 0) is 24.1 Å². The van der Waals surface area contributed by atoms with E-state index >= 15 is 0 Å². The first kappa shape index (κ1) is 22.5. The van der Waals surface area contributed by atoms with Crippen LogP contribution < -0.4 is 20.5 Å². The Bertz CT molecular complexity index is 928. The molecule has 0 saturated carbocycles. The maximum atomic E-state index is 6.06. The summed E-state index contributed by atoms with van der Waals surface area (Å²) in [5.41, 5.74) is 8.04. The van der Waals surface area contributed by atoms with E-state index < -0.39 is 0 Å². The second-order valence-electron chi connectivity index (χ2n) is 6.17. The van der Waals surface area contributed by atoms with E-state index in [1.54, 1.807) is 20.4 Å². The van der Waals surface area contributed by atoms with Gasteiger partial charge in [0, 0.05) is 25.0 Å². The van der Waals surface area contributed by atoms with Crippen LogP contribution in [0, 0.1) is 0 Å². The molecule has 154 valence electrons. The highest BCUT2D eigenvalue weighted by atomic mass is 127. The van der Waals surface area contributed by atoms with Gasteiger partial charge < -0.3 is 25.1 Å². The molecule has 8 heteroatoms. The summed E-state index contributed by atoms with van der Waals surface area (Å²) >= 11 is 0. The van der Waals surface area contributed by atoms with Gasteiger partial charge in [-0.3, -0.25) is 0 Å². The average Bonchev–Trinajstić information content (AvgIpc) is 3.19. The van der Waals surface area contributed by atoms with Gasteiger partial charge in [-0.25, -0.2) is 9.98 Å². The van der Waals surface area contributed by atoms with Crippen LogP contribution in [0.25, 0.3) is 0 Å². The van der Waals surface area contributed by atoms with E-state index in [9.17, 15) is 0 Å². The second-order valence-corrected chi connectivity index (χ2v) is 6.17. The van der Waals surface area contributed by atoms with Gasteiger partial charge in [0.15, 0.2) is 5.96 Å². The van der Waals surface area contributed by atoms with Crippen molar-refractivity contribution in [2.75, 3.05) is 19.5 Å². The number of nitrogens with two attached hydrogens (primary N) is 1. The first-order valence-corrected chi connectivity index (χ1v) is 9.02. The van der Waals surface area contributed by atoms with Crippen LogP contribution in [0.4, 0.5) is 5.69 Å². The Labute approximate surface area is 188 Å². The molecule has 0 fully saturated rings. The normalized spacial score (nSPS) is 10.9. The third-order valence-corrected chi connectivity index (χ3v) is 4.35. The highest BCUT2D eigenvalue weighted by Crippen LogP contribution is 2.28. The summed E-state index contributed by atoms with van der Waals surface area (Å²) in [4.78, 5) is 8.81. The van der Waals surface area contributed by atoms with Crippen LogP contribution in [0.3, 0.4) is 0 Å². The number of halogens is 1. The number of rotatable bonds is 8. The van der Waals surface area contributed by atoms with Gasteiger partial charge in [0.2, 0.25) is 0 Å². The molecule has 0 unspecified atom stereocenters. The number of hydrogen-bond acceptors (Lipinski definition) is 4. The van der Waals surface area contributed by atoms with E-state index in [4.69, 9.17) is 15.2 Å². The van der Waals surface area contributed by atoms with Crippen molar-refractivity contribution in [1.29, 1.82) is 0 Å². The van der Waals surface area contributed by atoms with Crippen LogP contribution in [0.15, 0.2) is 65.9 Å². The van der Waals surface area contributed by atoms with E-state index in [1.165, 1.54) is 5.56 Å². The van der Waals surface area contributed by atoms with Crippen molar-refractivity contribution in [2.24, 2.45) is 10.7 Å². The molecule has 2 aromatic carbocycles. The van der Waals surface area contributed by atoms with Crippen molar-refractivity contribution in [2.45, 2.75) is 19.5 Å². The fraction of sp³-hybridized carbons (Fsp3) is 0.238. The monoisotopic (exact) mass is 507 g/mol. The molecular formula is C21H26IN5O2. The van der Waals surface area contributed by atoms with Gasteiger partial charge in [0.1, 0.15) is 23.9 Å². The minimum Gasteiger partial charge on any atom is -0.497 e. The van der Waals surface area contributed by atoms with Crippen LogP contribution >= 0.6 is 24.0 Å². The van der Waals surface area contributed by atoms with Crippen LogP contribution in [0.1, 0.15) is 11.4 Å². The largest absolute Gasteiger partial charge is 0.497 e. The number of nitrogens with zero attached hydrogens (tertiary/aromatic N) is 3. The SMILES string of the molecule is COc1ccc(OC)c(NC(N)=NCc2nccn2CCc2ccccc2)c1.I. The minimum atomic E-state index is 0. The summed E-state index contributed by atoms with van der Waals surface area (Å²) in [5.74, 6) is 2.50. The summed E-state index contributed by atoms with van der Waals surface area (Å²) in [6.45, 7) is 1.22. The zero-order chi connectivity index (χ0) is 19.8. The van der Waals surface area contributed by atoms with Crippen LogP contribution in [-0.2, 0) is 19.5 Å². The van der Waals surface area contributed by atoms with Gasteiger partial charge in [-0.15, -0.1) is 24.0 Å². The van der Waals surface area contributed by atoms with Gasteiger partial charge in [0.25, 0.3) is 0 Å². The Balaban J connectivity index is 0.00000300. The van der Waals surface area contributed by atoms with Crippen LogP contribution in [0.2, 0.25) is 0 Å². The molecule has 1 aromatic heterocycles. The Hall–Kier alpha value is -2.75. The maximum Gasteiger partial charge on any atom is 0.193 e. The van der Waals surface area contributed by atoms with E-state index in [0.29, 0.717) is 23.7 Å². The van der Waals surface area contributed by atoms with Crippen LogP contribution in [0.5, 0.6) is 11.5 Å². The third kappa shape index (κ3) is 6.38. The molecule has 0 atom stereocenters. The molecule has 0 aliphatic rings. The standard InChI is InChI=1S/C21H25N5O2.HI/c1-27-17-8-9-19(28-2)18(14-17)25-21(22)24-15-20-23-11-13-26(20)12-10-16-6-4-3-5-7-16;/h3-9,11,13-14H,10,12,15H2,1-2H3,(H3,22,24,25);1H. The number of ether oxygens (including phenoxy) is 2. The summed E-state index contributed by atoms with van der Waals surface area (Å²) in [6, 6.07) is 15.8. The number of guanidine groups is 1. The zero-order valence-corrected chi connectivity index (χ0v) is 18.9. The number of imidazole rings is 1. The maximum absolute atomic E-state index is 6.06. The van der Waals surface area contributed by atoms with E-state index in [1.807, 2.05) is 42.6 Å². The summed E-state index contributed by atoms with van der Waals surface area (Å²) in [7, 11) is 3.21. The molecule has 0 saturated heterocycles. The molecule has 3 N–H and O–H groups in total. The number of aryl methyl sites for hydroxylation is 2. The lowest BCUT2D eigenvalue weighted by Crippen LogP contribution is -2.23. The smallest absolute Gasteiger partial charge is 0.193 e. The molecule has 0 aliphatic heterocycles. The van der Waals surface area contributed by atoms with Crippen molar-refractivity contribution in [1.82, 2.24) is 9.55 Å². The molecule has 0 aliphatic carbocycles. The lowest BCUT2D eigenvalue weighted by molar-refractivity contribution is 0.405. The molecule has 0 bridgehead atoms. The number of aromatic nitrogens is 2. The highest BCUT2D eigenvalue weighted by Gasteiger charge is 2.07. The zero-order valence-electron chi connectivity index (χ0n) is 16.5. The Morgan fingerprint density at radius 3 is 2.66 bits per heavy atom. The Morgan fingerprint density at radius 2 is 1.93 bits per heavy atom. The van der Waals surface area contributed by atoms with Gasteiger partial charge in [-0.1, -0.05) is 30.3 Å². The minimum absolute atomic E-state index is 0. The number of hydrogen-bond donors (Lipinski definition) is 2. The van der Waals surface area contributed by atoms with Gasteiger partial charge >= 0.3 is 0 Å². The first-order valence-electron chi connectivity index (χ1n) is 9.02. The topological polar surface area (TPSA) is 86.7 Å². The quantitative estimate of drug-likeness (QED) is 0.276. The lowest BCUT2D eigenvalue weighted by atomic mass is 10.1. The molecule has 3 rings (SSSR count). The molecule has 3 aromatic rings. The highest BCUT2D eigenvalue weighted by molar-refractivity contribution is 14.0. The first-order chi connectivity index (χ1) is 13.7. The van der Waals surface area contributed by atoms with Crippen LogP contribution in [-0.4, -0.2) is 29.7 Å². The molecular weight excluding hydrogens is 481 g/mol. The Kier molecular flexibility index (Phi) is 8.78. The molecule has 0 amide bonds. The molecule has 29 heavy (non-hydrogen) atoms. The number of methoxy groups -OCH3 is 2. The van der Waals surface area contributed by atoms with Gasteiger partial charge in [0.05, 0.1) is 19.9 Å². The summed E-state index contributed by atoms with van der Waals surface area (Å²) in [6.07, 6.45) is 4.68. The lowest BCUT2D eigenvalue weighted by Gasteiger charge is -2.12. The van der Waals surface area contributed by atoms with Crippen molar-refractivity contribution in [3.63, 3.8) is 0 Å². The summed E-state index contributed by atoms with van der Waals surface area (Å²) < 4.78 is 12.7. The molecule has 0 spiro atoms. The van der Waals surface area contributed by atoms with E-state index in [2.05, 4.69) is 32.0 Å². The summed E-state index contributed by atoms with van der Waals surface area (Å²) in [5, 5.41) is 3.06. The number of benzene rings is 2. The third-order valence-electron chi connectivity index (χ3n) is 4.35. The second kappa shape index (κ2) is 11.3. The van der Waals surface area contributed by atoms with Crippen molar-refractivity contribution in [3.8, 4) is 11.5 Å². The average molecular weight is 507 g/mol. The van der Waals surface area contributed by atoms with Crippen molar-refractivity contribution < 1.29 is 9.47 Å². The van der Waals surface area contributed by atoms with E-state index in [-0.39, 0.29) is 29.9 Å². The van der Waals surface area contributed by atoms with Crippen molar-refractivity contribution >= 4 is 35.6 Å². The number of anilines is 1. The fourth-order valence-corrected chi connectivity index (χ4v) is 2.83. The Morgan fingerprint density at radius 1 is 1.14 bits per heavy atom.